The molecule has 0 fully saturated rings. The van der Waals surface area contributed by atoms with Crippen molar-refractivity contribution in [2.45, 2.75) is 38.5 Å². The van der Waals surface area contributed by atoms with E-state index < -0.39 is 0 Å². The van der Waals surface area contributed by atoms with Crippen molar-refractivity contribution in [2.75, 3.05) is 0 Å². The maximum Gasteiger partial charge on any atom is 0.164 e. The van der Waals surface area contributed by atoms with E-state index in [4.69, 9.17) is 19.4 Å². The number of nitrogens with zero attached hydrogens (tertiary/aromatic N) is 3. The normalized spacial score (nSPS) is 14.4. The first-order valence-electron chi connectivity index (χ1n) is 16.9. The Bertz CT molecular complexity index is 2550. The van der Waals surface area contributed by atoms with E-state index in [2.05, 4.69) is 113 Å². The molecule has 0 unspecified atom stereocenters. The quantitative estimate of drug-likeness (QED) is 0.193. The van der Waals surface area contributed by atoms with Crippen LogP contribution in [0.5, 0.6) is 0 Å². The van der Waals surface area contributed by atoms with Gasteiger partial charge in [-0.25, -0.2) is 15.0 Å². The molecular formula is C45H35N3O. The average Bonchev–Trinajstić information content (AvgIpc) is 3.52. The summed E-state index contributed by atoms with van der Waals surface area (Å²) >= 11 is 0. The van der Waals surface area contributed by atoms with Gasteiger partial charge < -0.3 is 4.42 Å². The Morgan fingerprint density at radius 2 is 0.857 bits per heavy atom. The average molecular weight is 634 g/mol. The Kier molecular flexibility index (Phi) is 6.47. The van der Waals surface area contributed by atoms with E-state index in [1.807, 2.05) is 54.6 Å². The highest BCUT2D eigenvalue weighted by atomic mass is 16.3. The third-order valence-corrected chi connectivity index (χ3v) is 10.9. The standard InChI is InChI=1S/C45H35N3O/c1-44(2)37-25-30(28-13-7-5-8-14-28)19-22-33(37)34-23-20-31(26-38(34)45(44,3)4)42-46-41(29-15-9-6-10-16-29)47-43(48-42)32-21-24-36-35-17-11-12-18-39(35)49-40(36)27-32/h5-27H,1-4H3. The van der Waals surface area contributed by atoms with E-state index >= 15 is 0 Å². The summed E-state index contributed by atoms with van der Waals surface area (Å²) < 4.78 is 6.24. The highest BCUT2D eigenvalue weighted by Gasteiger charge is 2.46. The number of aromatic nitrogens is 3. The zero-order valence-electron chi connectivity index (χ0n) is 28.0. The molecule has 1 aliphatic carbocycles. The van der Waals surface area contributed by atoms with Gasteiger partial charge in [0.05, 0.1) is 0 Å². The van der Waals surface area contributed by atoms with Crippen LogP contribution >= 0.6 is 0 Å². The van der Waals surface area contributed by atoms with Crippen LogP contribution in [-0.2, 0) is 10.8 Å². The molecule has 2 heterocycles. The fraction of sp³-hybridized carbons (Fsp3) is 0.133. The van der Waals surface area contributed by atoms with Crippen LogP contribution in [0.2, 0.25) is 0 Å². The lowest BCUT2D eigenvalue weighted by Gasteiger charge is -2.48. The third kappa shape index (κ3) is 4.62. The molecule has 1 aliphatic rings. The predicted octanol–water partition coefficient (Wildman–Crippen LogP) is 11.7. The summed E-state index contributed by atoms with van der Waals surface area (Å²) in [4.78, 5) is 15.2. The van der Waals surface area contributed by atoms with Crippen LogP contribution in [0.1, 0.15) is 38.8 Å². The summed E-state index contributed by atoms with van der Waals surface area (Å²) in [5.74, 6) is 1.90. The Morgan fingerprint density at radius 3 is 1.51 bits per heavy atom. The van der Waals surface area contributed by atoms with Crippen molar-refractivity contribution in [1.29, 1.82) is 0 Å². The molecule has 9 rings (SSSR count). The molecule has 0 N–H and O–H groups in total. The van der Waals surface area contributed by atoms with Crippen LogP contribution in [0.3, 0.4) is 0 Å². The first kappa shape index (κ1) is 29.3. The molecule has 0 amide bonds. The number of para-hydroxylation sites is 1. The monoisotopic (exact) mass is 633 g/mol. The molecule has 0 radical (unpaired) electrons. The van der Waals surface area contributed by atoms with Crippen molar-refractivity contribution < 1.29 is 4.42 Å². The summed E-state index contributed by atoms with van der Waals surface area (Å²) in [5.41, 5.74) is 11.9. The summed E-state index contributed by atoms with van der Waals surface area (Å²) in [7, 11) is 0. The van der Waals surface area contributed by atoms with E-state index in [1.165, 1.54) is 33.4 Å². The molecule has 0 saturated heterocycles. The molecule has 4 heteroatoms. The van der Waals surface area contributed by atoms with Crippen LogP contribution in [-0.4, -0.2) is 15.0 Å². The van der Waals surface area contributed by atoms with Gasteiger partial charge in [0.2, 0.25) is 0 Å². The van der Waals surface area contributed by atoms with Crippen LogP contribution < -0.4 is 0 Å². The van der Waals surface area contributed by atoms with Crippen molar-refractivity contribution in [3.8, 4) is 56.4 Å². The molecule has 4 nitrogen and oxygen atoms in total. The van der Waals surface area contributed by atoms with Gasteiger partial charge in [0.25, 0.3) is 0 Å². The van der Waals surface area contributed by atoms with E-state index in [9.17, 15) is 0 Å². The van der Waals surface area contributed by atoms with Crippen molar-refractivity contribution in [3.05, 3.63) is 151 Å². The molecule has 49 heavy (non-hydrogen) atoms. The number of benzene rings is 6. The minimum absolute atomic E-state index is 0.139. The van der Waals surface area contributed by atoms with E-state index in [1.54, 1.807) is 0 Å². The zero-order chi connectivity index (χ0) is 33.3. The largest absolute Gasteiger partial charge is 0.456 e. The van der Waals surface area contributed by atoms with Gasteiger partial charge in [0.1, 0.15) is 11.2 Å². The van der Waals surface area contributed by atoms with E-state index in [0.29, 0.717) is 17.5 Å². The molecule has 0 spiro atoms. The maximum atomic E-state index is 6.24. The van der Waals surface area contributed by atoms with Crippen molar-refractivity contribution in [1.82, 2.24) is 15.0 Å². The molecular weight excluding hydrogens is 599 g/mol. The lowest BCUT2D eigenvalue weighted by atomic mass is 9.55. The SMILES string of the molecule is CC1(C)c2cc(-c3ccccc3)ccc2-c2ccc(-c3nc(-c4ccccc4)nc(-c4ccc5c(c4)oc4ccccc45)n3)cc2C1(C)C. The van der Waals surface area contributed by atoms with Gasteiger partial charge in [-0.15, -0.1) is 0 Å². The molecule has 6 aromatic carbocycles. The van der Waals surface area contributed by atoms with Gasteiger partial charge in [0.15, 0.2) is 17.5 Å². The zero-order valence-corrected chi connectivity index (χ0v) is 28.0. The van der Waals surface area contributed by atoms with Crippen LogP contribution in [0, 0.1) is 0 Å². The van der Waals surface area contributed by atoms with Crippen LogP contribution in [0.15, 0.2) is 144 Å². The lowest BCUT2D eigenvalue weighted by molar-refractivity contribution is 0.299. The smallest absolute Gasteiger partial charge is 0.164 e. The van der Waals surface area contributed by atoms with Crippen molar-refractivity contribution >= 4 is 21.9 Å². The summed E-state index contributed by atoms with van der Waals surface area (Å²) in [6.45, 7) is 9.48. The highest BCUT2D eigenvalue weighted by Crippen LogP contribution is 2.55. The van der Waals surface area contributed by atoms with Gasteiger partial charge in [-0.05, 0) is 74.5 Å². The van der Waals surface area contributed by atoms with E-state index in [0.717, 1.165) is 38.6 Å². The second-order valence-electron chi connectivity index (χ2n) is 14.1. The fourth-order valence-electron chi connectivity index (χ4n) is 7.43. The molecule has 0 atom stereocenters. The summed E-state index contributed by atoms with van der Waals surface area (Å²) in [5, 5.41) is 2.18. The predicted molar refractivity (Wildman–Crippen MR) is 200 cm³/mol. The minimum Gasteiger partial charge on any atom is -0.456 e. The topological polar surface area (TPSA) is 51.8 Å². The van der Waals surface area contributed by atoms with Gasteiger partial charge in [-0.1, -0.05) is 137 Å². The number of furan rings is 1. The minimum atomic E-state index is -0.175. The Balaban J connectivity index is 1.20. The van der Waals surface area contributed by atoms with Gasteiger partial charge in [-0.2, -0.15) is 0 Å². The van der Waals surface area contributed by atoms with Gasteiger partial charge in [-0.3, -0.25) is 0 Å². The highest BCUT2D eigenvalue weighted by molar-refractivity contribution is 6.05. The first-order chi connectivity index (χ1) is 23.8. The summed E-state index contributed by atoms with van der Waals surface area (Å²) in [6.07, 6.45) is 0. The van der Waals surface area contributed by atoms with E-state index in [-0.39, 0.29) is 10.8 Å². The Morgan fingerprint density at radius 1 is 0.388 bits per heavy atom. The van der Waals surface area contributed by atoms with Gasteiger partial charge >= 0.3 is 0 Å². The molecule has 0 aliphatic heterocycles. The molecule has 236 valence electrons. The lowest BCUT2D eigenvalue weighted by Crippen LogP contribution is -2.43. The van der Waals surface area contributed by atoms with Crippen molar-refractivity contribution in [2.24, 2.45) is 0 Å². The number of rotatable bonds is 4. The maximum absolute atomic E-state index is 6.24. The molecule has 0 saturated carbocycles. The third-order valence-electron chi connectivity index (χ3n) is 10.9. The second kappa shape index (κ2) is 10.8. The van der Waals surface area contributed by atoms with Gasteiger partial charge in [0, 0.05) is 27.5 Å². The number of hydrogen-bond donors (Lipinski definition) is 0. The molecule has 0 bridgehead atoms. The number of fused-ring (bicyclic) bond motifs is 6. The molecule has 2 aromatic heterocycles. The fourth-order valence-corrected chi connectivity index (χ4v) is 7.43. The van der Waals surface area contributed by atoms with Crippen LogP contribution in [0.25, 0.3) is 78.4 Å². The number of hydrogen-bond acceptors (Lipinski definition) is 4. The first-order valence-corrected chi connectivity index (χ1v) is 16.9. The Labute approximate surface area is 286 Å². The van der Waals surface area contributed by atoms with Crippen LogP contribution in [0.4, 0.5) is 0 Å². The molecule has 8 aromatic rings. The van der Waals surface area contributed by atoms with Crippen molar-refractivity contribution in [3.63, 3.8) is 0 Å². The Hall–Kier alpha value is -5.87. The summed E-state index contributed by atoms with van der Waals surface area (Å²) in [6, 6.07) is 48.8. The second-order valence-corrected chi connectivity index (χ2v) is 14.1.